The third kappa shape index (κ3) is 2.19. The molecule has 1 aliphatic rings. The van der Waals surface area contributed by atoms with E-state index in [0.717, 1.165) is 25.9 Å². The van der Waals surface area contributed by atoms with E-state index in [-0.39, 0.29) is 0 Å². The van der Waals surface area contributed by atoms with Gasteiger partial charge in [-0.3, -0.25) is 0 Å². The van der Waals surface area contributed by atoms with Gasteiger partial charge in [-0.15, -0.1) is 0 Å². The Hall–Kier alpha value is -1.76. The molecule has 0 aromatic heterocycles. The first-order chi connectivity index (χ1) is 8.43. The van der Waals surface area contributed by atoms with Crippen molar-refractivity contribution in [1.29, 1.82) is 0 Å². The van der Waals surface area contributed by atoms with E-state index in [4.69, 9.17) is 0 Å². The van der Waals surface area contributed by atoms with Gasteiger partial charge in [-0.05, 0) is 36.1 Å². The first kappa shape index (κ1) is 10.4. The second-order valence-corrected chi connectivity index (χ2v) is 4.59. The van der Waals surface area contributed by atoms with Gasteiger partial charge >= 0.3 is 0 Å². The Kier molecular flexibility index (Phi) is 2.83. The van der Waals surface area contributed by atoms with Crippen LogP contribution in [0.4, 0.5) is 5.69 Å². The largest absolute Gasteiger partial charge is 0.371 e. The molecule has 1 nitrogen and oxygen atoms in total. The number of rotatable bonds is 1. The van der Waals surface area contributed by atoms with Crippen LogP contribution in [-0.4, -0.2) is 13.1 Å². The fourth-order valence-electron chi connectivity index (χ4n) is 2.56. The van der Waals surface area contributed by atoms with Crippen LogP contribution in [0.1, 0.15) is 11.1 Å². The van der Waals surface area contributed by atoms with Crippen molar-refractivity contribution in [3.63, 3.8) is 0 Å². The lowest BCUT2D eigenvalue weighted by Crippen LogP contribution is -2.25. The molecule has 17 heavy (non-hydrogen) atoms. The van der Waals surface area contributed by atoms with Crippen LogP contribution >= 0.6 is 0 Å². The average molecular weight is 223 g/mol. The molecule has 0 N–H and O–H groups in total. The van der Waals surface area contributed by atoms with E-state index < -0.39 is 0 Å². The smallest absolute Gasteiger partial charge is 0.0366 e. The maximum absolute atomic E-state index is 2.49. The van der Waals surface area contributed by atoms with Crippen LogP contribution in [0.3, 0.4) is 0 Å². The summed E-state index contributed by atoms with van der Waals surface area (Å²) in [4.78, 5) is 2.49. The fourth-order valence-corrected chi connectivity index (χ4v) is 2.56. The van der Waals surface area contributed by atoms with E-state index in [2.05, 4.69) is 59.5 Å². The van der Waals surface area contributed by atoms with Crippen molar-refractivity contribution >= 4 is 5.69 Å². The van der Waals surface area contributed by atoms with Crippen molar-refractivity contribution in [3.8, 4) is 0 Å². The van der Waals surface area contributed by atoms with Gasteiger partial charge in [-0.1, -0.05) is 42.5 Å². The summed E-state index contributed by atoms with van der Waals surface area (Å²) < 4.78 is 0. The highest BCUT2D eigenvalue weighted by molar-refractivity contribution is 5.47. The summed E-state index contributed by atoms with van der Waals surface area (Å²) in [5, 5.41) is 0. The van der Waals surface area contributed by atoms with Gasteiger partial charge < -0.3 is 4.90 Å². The number of benzene rings is 2. The lowest BCUT2D eigenvalue weighted by molar-refractivity contribution is 0.806. The molecule has 1 heterocycles. The van der Waals surface area contributed by atoms with Crippen molar-refractivity contribution in [1.82, 2.24) is 0 Å². The zero-order valence-corrected chi connectivity index (χ0v) is 9.97. The number of nitrogens with zero attached hydrogens (tertiary/aromatic N) is 1. The monoisotopic (exact) mass is 223 g/mol. The average Bonchev–Trinajstić information content (AvgIpc) is 2.62. The molecule has 3 rings (SSSR count). The topological polar surface area (TPSA) is 3.24 Å². The van der Waals surface area contributed by atoms with E-state index in [9.17, 15) is 0 Å². The molecule has 0 amide bonds. The normalized spacial score (nSPS) is 15.2. The highest BCUT2D eigenvalue weighted by Gasteiger charge is 2.13. The molecule has 0 radical (unpaired) electrons. The summed E-state index contributed by atoms with van der Waals surface area (Å²) in [5.74, 6) is 0. The number of anilines is 1. The Morgan fingerprint density at radius 3 is 1.76 bits per heavy atom. The lowest BCUT2D eigenvalue weighted by atomic mass is 10.0. The molecule has 0 saturated carbocycles. The van der Waals surface area contributed by atoms with Crippen LogP contribution in [0.2, 0.25) is 0 Å². The minimum atomic E-state index is 1.13. The van der Waals surface area contributed by atoms with Gasteiger partial charge in [0.25, 0.3) is 0 Å². The van der Waals surface area contributed by atoms with Crippen LogP contribution in [0, 0.1) is 0 Å². The van der Waals surface area contributed by atoms with Crippen molar-refractivity contribution in [2.75, 3.05) is 18.0 Å². The van der Waals surface area contributed by atoms with Gasteiger partial charge in [0.1, 0.15) is 0 Å². The van der Waals surface area contributed by atoms with Crippen LogP contribution in [0.5, 0.6) is 0 Å². The zero-order valence-electron chi connectivity index (χ0n) is 9.97. The predicted molar refractivity (Wildman–Crippen MR) is 72.5 cm³/mol. The van der Waals surface area contributed by atoms with E-state index >= 15 is 0 Å². The van der Waals surface area contributed by atoms with Crippen LogP contribution in [-0.2, 0) is 12.8 Å². The Morgan fingerprint density at radius 2 is 1.18 bits per heavy atom. The molecule has 0 saturated heterocycles. The number of hydrogen-bond donors (Lipinski definition) is 0. The third-order valence-corrected chi connectivity index (χ3v) is 3.54. The second-order valence-electron chi connectivity index (χ2n) is 4.59. The molecule has 2 aromatic carbocycles. The van der Waals surface area contributed by atoms with E-state index in [1.54, 1.807) is 0 Å². The van der Waals surface area contributed by atoms with E-state index in [1.807, 2.05) is 0 Å². The number of para-hydroxylation sites is 1. The minimum Gasteiger partial charge on any atom is -0.371 e. The summed E-state index contributed by atoms with van der Waals surface area (Å²) in [7, 11) is 0. The number of hydrogen-bond acceptors (Lipinski definition) is 1. The van der Waals surface area contributed by atoms with Crippen LogP contribution in [0.15, 0.2) is 54.6 Å². The molecule has 0 atom stereocenters. The number of fused-ring (bicyclic) bond motifs is 1. The minimum absolute atomic E-state index is 1.13. The molecule has 0 fully saturated rings. The Bertz CT molecular complexity index is 463. The Labute approximate surface area is 103 Å². The van der Waals surface area contributed by atoms with Gasteiger partial charge in [0.05, 0.1) is 0 Å². The molecular formula is C16H17N. The quantitative estimate of drug-likeness (QED) is 0.717. The molecular weight excluding hydrogens is 206 g/mol. The molecule has 0 aliphatic carbocycles. The van der Waals surface area contributed by atoms with Crippen molar-refractivity contribution in [2.45, 2.75) is 12.8 Å². The predicted octanol–water partition coefficient (Wildman–Crippen LogP) is 3.29. The van der Waals surface area contributed by atoms with E-state index in [1.165, 1.54) is 16.8 Å². The van der Waals surface area contributed by atoms with Crippen molar-refractivity contribution in [3.05, 3.63) is 65.7 Å². The SMILES string of the molecule is c1ccc(N2CCc3ccccc3CC2)cc1. The molecule has 0 unspecified atom stereocenters. The molecule has 2 aromatic rings. The standard InChI is InChI=1S/C16H17N/c1-2-8-16(9-3-1)17-12-10-14-6-4-5-7-15(14)11-13-17/h1-9H,10-13H2. The lowest BCUT2D eigenvalue weighted by Gasteiger charge is -2.22. The molecule has 1 heteroatoms. The zero-order chi connectivity index (χ0) is 11.5. The summed E-state index contributed by atoms with van der Waals surface area (Å²) in [6, 6.07) is 19.6. The molecule has 86 valence electrons. The summed E-state index contributed by atoms with van der Waals surface area (Å²) in [6.45, 7) is 2.25. The third-order valence-electron chi connectivity index (χ3n) is 3.54. The van der Waals surface area contributed by atoms with Gasteiger partial charge in [-0.2, -0.15) is 0 Å². The van der Waals surface area contributed by atoms with Gasteiger partial charge in [-0.25, -0.2) is 0 Å². The summed E-state index contributed by atoms with van der Waals surface area (Å²) in [6.07, 6.45) is 2.32. The van der Waals surface area contributed by atoms with Crippen LogP contribution < -0.4 is 4.90 Å². The summed E-state index contributed by atoms with van der Waals surface area (Å²) in [5.41, 5.74) is 4.39. The highest BCUT2D eigenvalue weighted by Crippen LogP contribution is 2.20. The second kappa shape index (κ2) is 4.62. The van der Waals surface area contributed by atoms with Gasteiger partial charge in [0.2, 0.25) is 0 Å². The van der Waals surface area contributed by atoms with Gasteiger partial charge in [0.15, 0.2) is 0 Å². The highest BCUT2D eigenvalue weighted by atomic mass is 15.1. The molecule has 0 bridgehead atoms. The maximum Gasteiger partial charge on any atom is 0.0366 e. The first-order valence-corrected chi connectivity index (χ1v) is 6.30. The van der Waals surface area contributed by atoms with Crippen molar-refractivity contribution < 1.29 is 0 Å². The molecule has 0 spiro atoms. The fraction of sp³-hybridized carbons (Fsp3) is 0.250. The Balaban J connectivity index is 1.82. The van der Waals surface area contributed by atoms with E-state index in [0.29, 0.717) is 0 Å². The summed E-state index contributed by atoms with van der Waals surface area (Å²) >= 11 is 0. The van der Waals surface area contributed by atoms with Gasteiger partial charge in [0, 0.05) is 18.8 Å². The first-order valence-electron chi connectivity index (χ1n) is 6.30. The Morgan fingerprint density at radius 1 is 0.647 bits per heavy atom. The maximum atomic E-state index is 2.49. The van der Waals surface area contributed by atoms with Crippen molar-refractivity contribution in [2.24, 2.45) is 0 Å². The molecule has 1 aliphatic heterocycles. The van der Waals surface area contributed by atoms with Crippen LogP contribution in [0.25, 0.3) is 0 Å².